The molecule has 0 amide bonds. The molecule has 0 bridgehead atoms. The van der Waals surface area contributed by atoms with E-state index in [0.717, 1.165) is 16.6 Å². The largest absolute Gasteiger partial charge is 0.461 e. The molecule has 7 nitrogen and oxygen atoms in total. The minimum atomic E-state index is -1.89. The highest BCUT2D eigenvalue weighted by Gasteiger charge is 2.37. The van der Waals surface area contributed by atoms with E-state index in [2.05, 4.69) is 43.9 Å². The fourth-order valence-corrected chi connectivity index (χ4v) is 5.48. The van der Waals surface area contributed by atoms with Crippen LogP contribution in [0.15, 0.2) is 12.1 Å². The average molecular weight is 518 g/mol. The highest BCUT2D eigenvalue weighted by Crippen LogP contribution is 2.39. The summed E-state index contributed by atoms with van der Waals surface area (Å²) in [6.45, 7) is 15.3. The molecular formula is C27H40FN3O4Si. The van der Waals surface area contributed by atoms with E-state index in [9.17, 15) is 9.90 Å². The van der Waals surface area contributed by atoms with E-state index in [4.69, 9.17) is 9.16 Å². The van der Waals surface area contributed by atoms with Gasteiger partial charge in [0.05, 0.1) is 24.4 Å². The van der Waals surface area contributed by atoms with Gasteiger partial charge in [-0.2, -0.15) is 5.10 Å². The number of rotatable bonds is 10. The predicted octanol–water partition coefficient (Wildman–Crippen LogP) is 5.89. The zero-order chi connectivity index (χ0) is 26.8. The molecule has 2 aromatic heterocycles. The maximum Gasteiger partial charge on any atom is 0.355 e. The number of fused-ring (bicyclic) bond motifs is 1. The highest BCUT2D eigenvalue weighted by molar-refractivity contribution is 6.74. The summed E-state index contributed by atoms with van der Waals surface area (Å²) in [5.74, 6) is -0.908. The van der Waals surface area contributed by atoms with Crippen molar-refractivity contribution in [1.29, 1.82) is 0 Å². The fourth-order valence-electron chi connectivity index (χ4n) is 4.39. The number of nitrogens with one attached hydrogen (secondary N) is 1. The summed E-state index contributed by atoms with van der Waals surface area (Å²) in [4.78, 5) is 16.1. The maximum atomic E-state index is 15.4. The van der Waals surface area contributed by atoms with Crippen molar-refractivity contribution in [3.8, 4) is 11.1 Å². The number of carbonyl (C=O) groups excluding carboxylic acids is 1. The Morgan fingerprint density at radius 3 is 2.50 bits per heavy atom. The van der Waals surface area contributed by atoms with Crippen LogP contribution in [0, 0.1) is 5.82 Å². The second-order valence-electron chi connectivity index (χ2n) is 10.7. The van der Waals surface area contributed by atoms with Crippen molar-refractivity contribution in [1.82, 2.24) is 14.8 Å². The quantitative estimate of drug-likeness (QED) is 0.199. The van der Waals surface area contributed by atoms with Gasteiger partial charge in [0.2, 0.25) is 0 Å². The van der Waals surface area contributed by atoms with Gasteiger partial charge in [-0.15, -0.1) is 0 Å². The minimum absolute atomic E-state index is 0.113. The lowest BCUT2D eigenvalue weighted by molar-refractivity contribution is 0.0519. The number of benzene rings is 1. The minimum Gasteiger partial charge on any atom is -0.461 e. The number of ether oxygens (including phenoxy) is 1. The number of aromatic amines is 1. The topological polar surface area (TPSA) is 89.4 Å². The van der Waals surface area contributed by atoms with Crippen LogP contribution in [-0.4, -0.2) is 47.4 Å². The third-order valence-electron chi connectivity index (χ3n) is 7.32. The van der Waals surface area contributed by atoms with Crippen LogP contribution in [0.3, 0.4) is 0 Å². The monoisotopic (exact) mass is 517 g/mol. The van der Waals surface area contributed by atoms with Gasteiger partial charge in [-0.1, -0.05) is 27.7 Å². The Kier molecular flexibility index (Phi) is 8.47. The summed E-state index contributed by atoms with van der Waals surface area (Å²) in [7, 11) is -0.106. The van der Waals surface area contributed by atoms with Crippen molar-refractivity contribution in [3.63, 3.8) is 0 Å². The summed E-state index contributed by atoms with van der Waals surface area (Å²) in [5.41, 5.74) is 3.72. The Balaban J connectivity index is 2.10. The molecule has 0 fully saturated rings. The molecule has 0 aliphatic heterocycles. The number of aromatic nitrogens is 3. The second-order valence-corrected chi connectivity index (χ2v) is 15.5. The number of halogens is 1. The third-order valence-corrected chi connectivity index (χ3v) is 11.9. The zero-order valence-corrected chi connectivity index (χ0v) is 23.8. The molecule has 0 saturated heterocycles. The SMILES string of the molecule is CCOC(=O)c1[nH]c2c(-c3c(CO)nn(C)c3CC)c(F)ccc2c1CCCO[Si](C)(C)C(C)(C)C. The standard InChI is InChI=1S/C27H40FN3O4Si/c1-9-21-23(20(16-32)30-31(21)6)22-19(28)14-13-18-17(25(29-24(18)22)26(33)34-10-2)12-11-15-35-36(7,8)27(3,4)5/h13-14,29,32H,9-12,15-16H2,1-8H3. The molecule has 0 atom stereocenters. The molecule has 0 spiro atoms. The molecule has 198 valence electrons. The molecule has 1 aromatic carbocycles. The Morgan fingerprint density at radius 1 is 1.22 bits per heavy atom. The molecule has 0 radical (unpaired) electrons. The average Bonchev–Trinajstić information content (AvgIpc) is 3.33. The van der Waals surface area contributed by atoms with E-state index in [-0.39, 0.29) is 18.3 Å². The number of esters is 1. The van der Waals surface area contributed by atoms with E-state index < -0.39 is 20.1 Å². The summed E-state index contributed by atoms with van der Waals surface area (Å²) in [6, 6.07) is 3.13. The predicted molar refractivity (Wildman–Crippen MR) is 143 cm³/mol. The molecule has 2 heterocycles. The number of H-pyrrole nitrogens is 1. The Labute approximate surface area is 214 Å². The first kappa shape index (κ1) is 28.1. The number of hydrogen-bond acceptors (Lipinski definition) is 5. The van der Waals surface area contributed by atoms with Crippen LogP contribution in [0.25, 0.3) is 22.0 Å². The maximum absolute atomic E-state index is 15.4. The van der Waals surface area contributed by atoms with Gasteiger partial charge < -0.3 is 19.3 Å². The lowest BCUT2D eigenvalue weighted by Crippen LogP contribution is -2.41. The van der Waals surface area contributed by atoms with Crippen LogP contribution in [0.2, 0.25) is 18.1 Å². The number of carbonyl (C=O) groups is 1. The number of aryl methyl sites for hydroxylation is 2. The van der Waals surface area contributed by atoms with Crippen LogP contribution in [0.5, 0.6) is 0 Å². The molecule has 0 saturated carbocycles. The first-order valence-corrected chi connectivity index (χ1v) is 15.6. The van der Waals surface area contributed by atoms with Gasteiger partial charge in [-0.05, 0) is 62.0 Å². The first-order chi connectivity index (χ1) is 16.9. The number of aliphatic hydroxyl groups excluding tert-OH is 1. The number of nitrogens with zero attached hydrogens (tertiary/aromatic N) is 2. The summed E-state index contributed by atoms with van der Waals surface area (Å²) in [5, 5.41) is 15.2. The van der Waals surface area contributed by atoms with Crippen molar-refractivity contribution in [2.24, 2.45) is 7.05 Å². The van der Waals surface area contributed by atoms with E-state index in [1.54, 1.807) is 24.7 Å². The Hall–Kier alpha value is -2.49. The molecule has 0 unspecified atom stereocenters. The molecule has 9 heteroatoms. The van der Waals surface area contributed by atoms with E-state index >= 15 is 4.39 Å². The van der Waals surface area contributed by atoms with Crippen LogP contribution in [0.1, 0.15) is 68.5 Å². The van der Waals surface area contributed by atoms with E-state index in [1.165, 1.54) is 6.07 Å². The fraction of sp³-hybridized carbons (Fsp3) is 0.556. The second kappa shape index (κ2) is 10.9. The van der Waals surface area contributed by atoms with Gasteiger partial charge in [-0.25, -0.2) is 9.18 Å². The smallest absolute Gasteiger partial charge is 0.355 e. The highest BCUT2D eigenvalue weighted by atomic mass is 28.4. The van der Waals surface area contributed by atoms with Crippen molar-refractivity contribution in [2.75, 3.05) is 13.2 Å². The molecule has 3 aromatic rings. The van der Waals surface area contributed by atoms with Gasteiger partial charge in [0.15, 0.2) is 8.32 Å². The lowest BCUT2D eigenvalue weighted by atomic mass is 9.97. The summed E-state index contributed by atoms with van der Waals surface area (Å²) < 4.78 is 28.8. The van der Waals surface area contributed by atoms with Gasteiger partial charge in [0.25, 0.3) is 0 Å². The van der Waals surface area contributed by atoms with Gasteiger partial charge >= 0.3 is 5.97 Å². The molecule has 0 aliphatic rings. The molecular weight excluding hydrogens is 477 g/mol. The van der Waals surface area contributed by atoms with Gasteiger partial charge in [0, 0.05) is 35.9 Å². The van der Waals surface area contributed by atoms with E-state index in [1.807, 2.05) is 6.92 Å². The first-order valence-electron chi connectivity index (χ1n) is 12.7. The van der Waals surface area contributed by atoms with Crippen molar-refractivity contribution in [2.45, 2.75) is 78.6 Å². The van der Waals surface area contributed by atoms with Gasteiger partial charge in [0.1, 0.15) is 11.5 Å². The van der Waals surface area contributed by atoms with E-state index in [0.29, 0.717) is 53.9 Å². The van der Waals surface area contributed by atoms with Crippen LogP contribution < -0.4 is 0 Å². The number of hydrogen-bond donors (Lipinski definition) is 2. The third kappa shape index (κ3) is 5.28. The van der Waals surface area contributed by atoms with Crippen molar-refractivity contribution >= 4 is 25.2 Å². The Morgan fingerprint density at radius 2 is 1.92 bits per heavy atom. The normalized spacial score (nSPS) is 12.5. The zero-order valence-electron chi connectivity index (χ0n) is 22.8. The molecule has 36 heavy (non-hydrogen) atoms. The molecule has 2 N–H and O–H groups in total. The summed E-state index contributed by atoms with van der Waals surface area (Å²) >= 11 is 0. The van der Waals surface area contributed by atoms with Crippen molar-refractivity contribution < 1.29 is 23.5 Å². The summed E-state index contributed by atoms with van der Waals surface area (Å²) in [6.07, 6.45) is 1.90. The van der Waals surface area contributed by atoms with Crippen LogP contribution in [0.4, 0.5) is 4.39 Å². The van der Waals surface area contributed by atoms with Crippen LogP contribution in [-0.2, 0) is 35.7 Å². The molecule has 3 rings (SSSR count). The van der Waals surface area contributed by atoms with Gasteiger partial charge in [-0.3, -0.25) is 4.68 Å². The van der Waals surface area contributed by atoms with Crippen LogP contribution >= 0.6 is 0 Å². The molecule has 0 aliphatic carbocycles. The number of aliphatic hydroxyl groups is 1. The van der Waals surface area contributed by atoms with Crippen molar-refractivity contribution in [3.05, 3.63) is 40.6 Å². The Bertz CT molecular complexity index is 1240. The lowest BCUT2D eigenvalue weighted by Gasteiger charge is -2.36.